The van der Waals surface area contributed by atoms with Crippen molar-refractivity contribution in [3.05, 3.63) is 17.8 Å². The molecule has 0 bridgehead atoms. The van der Waals surface area contributed by atoms with Crippen LogP contribution in [0.4, 0.5) is 11.5 Å². The Morgan fingerprint density at radius 3 is 2.92 bits per heavy atom. The van der Waals surface area contributed by atoms with Gasteiger partial charge in [-0.05, 0) is 19.9 Å². The zero-order valence-electron chi connectivity index (χ0n) is 14.0. The van der Waals surface area contributed by atoms with Gasteiger partial charge in [-0.3, -0.25) is 14.5 Å². The lowest BCUT2D eigenvalue weighted by Crippen LogP contribution is -2.55. The van der Waals surface area contributed by atoms with Crippen molar-refractivity contribution in [1.29, 1.82) is 0 Å². The number of amides is 2. The van der Waals surface area contributed by atoms with Crippen LogP contribution in [0.25, 0.3) is 0 Å². The number of ether oxygens (including phenoxy) is 1. The van der Waals surface area contributed by atoms with Crippen LogP contribution in [-0.4, -0.2) is 66.6 Å². The maximum Gasteiger partial charge on any atom is 0.252 e. The average molecular weight is 333 g/mol. The number of nitrogens with zero attached hydrogens (tertiary/aromatic N) is 2. The van der Waals surface area contributed by atoms with Gasteiger partial charge in [0.15, 0.2) is 0 Å². The molecule has 2 aliphatic rings. The first-order valence-corrected chi connectivity index (χ1v) is 8.10. The first-order valence-electron chi connectivity index (χ1n) is 8.10. The molecule has 2 amide bonds. The van der Waals surface area contributed by atoms with Crippen LogP contribution in [0.2, 0.25) is 0 Å². The largest absolute Gasteiger partial charge is 0.379 e. The molecule has 1 saturated heterocycles. The van der Waals surface area contributed by atoms with Crippen molar-refractivity contribution in [2.24, 2.45) is 0 Å². The first kappa shape index (κ1) is 16.7. The van der Waals surface area contributed by atoms with Crippen molar-refractivity contribution in [3.63, 3.8) is 0 Å². The van der Waals surface area contributed by atoms with Crippen molar-refractivity contribution in [2.45, 2.75) is 19.4 Å². The van der Waals surface area contributed by atoms with Crippen molar-refractivity contribution in [3.8, 4) is 0 Å². The molecular formula is C16H23N5O3. The molecule has 8 nitrogen and oxygen atoms in total. The Morgan fingerprint density at radius 1 is 1.42 bits per heavy atom. The normalized spacial score (nSPS) is 18.3. The minimum absolute atomic E-state index is 0.143. The Morgan fingerprint density at radius 2 is 2.17 bits per heavy atom. The van der Waals surface area contributed by atoms with E-state index in [9.17, 15) is 9.59 Å². The van der Waals surface area contributed by atoms with E-state index in [0.717, 1.165) is 26.3 Å². The van der Waals surface area contributed by atoms with Gasteiger partial charge in [0.1, 0.15) is 5.82 Å². The van der Waals surface area contributed by atoms with E-state index in [1.165, 1.54) is 6.20 Å². The van der Waals surface area contributed by atoms with Gasteiger partial charge < -0.3 is 20.7 Å². The smallest absolute Gasteiger partial charge is 0.252 e. The third kappa shape index (κ3) is 3.65. The van der Waals surface area contributed by atoms with E-state index >= 15 is 0 Å². The minimum atomic E-state index is -0.202. The van der Waals surface area contributed by atoms with Gasteiger partial charge in [-0.25, -0.2) is 4.98 Å². The molecule has 130 valence electrons. The molecule has 0 aliphatic carbocycles. The molecule has 0 spiro atoms. The summed E-state index contributed by atoms with van der Waals surface area (Å²) in [4.78, 5) is 30.3. The van der Waals surface area contributed by atoms with Gasteiger partial charge in [0.25, 0.3) is 5.91 Å². The molecule has 2 aliphatic heterocycles. The van der Waals surface area contributed by atoms with Gasteiger partial charge in [-0.2, -0.15) is 0 Å². The minimum Gasteiger partial charge on any atom is -0.379 e. The summed E-state index contributed by atoms with van der Waals surface area (Å²) in [6.45, 7) is 8.09. The van der Waals surface area contributed by atoms with Crippen LogP contribution in [0.15, 0.2) is 12.3 Å². The molecule has 8 heteroatoms. The van der Waals surface area contributed by atoms with Crippen LogP contribution >= 0.6 is 0 Å². The predicted octanol–water partition coefficient (Wildman–Crippen LogP) is 0.286. The van der Waals surface area contributed by atoms with Gasteiger partial charge in [0, 0.05) is 31.4 Å². The maximum atomic E-state index is 12.4. The summed E-state index contributed by atoms with van der Waals surface area (Å²) in [5, 5.41) is 8.58. The molecule has 0 radical (unpaired) electrons. The molecule has 0 unspecified atom stereocenters. The van der Waals surface area contributed by atoms with Gasteiger partial charge in [0.2, 0.25) is 5.91 Å². The third-order valence-corrected chi connectivity index (χ3v) is 4.39. The first-order chi connectivity index (χ1) is 11.5. The van der Waals surface area contributed by atoms with Gasteiger partial charge in [-0.15, -0.1) is 0 Å². The van der Waals surface area contributed by atoms with E-state index in [4.69, 9.17) is 4.74 Å². The second kappa shape index (κ2) is 6.74. The highest BCUT2D eigenvalue weighted by Gasteiger charge is 2.29. The Hall–Kier alpha value is -2.19. The number of anilines is 2. The number of pyridine rings is 1. The number of hydrogen-bond acceptors (Lipinski definition) is 6. The topological polar surface area (TPSA) is 95.6 Å². The van der Waals surface area contributed by atoms with Crippen LogP contribution in [0.5, 0.6) is 0 Å². The van der Waals surface area contributed by atoms with E-state index in [0.29, 0.717) is 23.6 Å². The van der Waals surface area contributed by atoms with Crippen molar-refractivity contribution in [2.75, 3.05) is 50.0 Å². The summed E-state index contributed by atoms with van der Waals surface area (Å²) < 4.78 is 5.37. The lowest BCUT2D eigenvalue weighted by molar-refractivity contribution is -0.114. The fourth-order valence-corrected chi connectivity index (χ4v) is 2.86. The quantitative estimate of drug-likeness (QED) is 0.733. The Labute approximate surface area is 140 Å². The number of hydrogen-bond donors (Lipinski definition) is 3. The highest BCUT2D eigenvalue weighted by atomic mass is 16.5. The molecule has 0 aromatic carbocycles. The average Bonchev–Trinajstić information content (AvgIpc) is 2.60. The summed E-state index contributed by atoms with van der Waals surface area (Å²) >= 11 is 0. The standard InChI is InChI=1S/C16H23N5O3/c1-16(2,21-3-5-24-6-4-21)10-19-15(23)11-7-12-14(17-8-11)18-9-13(22)20-12/h7-8H,3-6,9-10H2,1-2H3,(H,17,18)(H,19,23)(H,20,22). The van der Waals surface area contributed by atoms with E-state index in [-0.39, 0.29) is 23.9 Å². The second-order valence-corrected chi connectivity index (χ2v) is 6.62. The van der Waals surface area contributed by atoms with Crippen LogP contribution in [0, 0.1) is 0 Å². The maximum absolute atomic E-state index is 12.4. The summed E-state index contributed by atoms with van der Waals surface area (Å²) in [5.41, 5.74) is 0.804. The Balaban J connectivity index is 1.62. The zero-order valence-corrected chi connectivity index (χ0v) is 14.0. The van der Waals surface area contributed by atoms with Crippen molar-refractivity contribution >= 4 is 23.3 Å². The number of carbonyl (C=O) groups is 2. The third-order valence-electron chi connectivity index (χ3n) is 4.39. The molecule has 3 N–H and O–H groups in total. The van der Waals surface area contributed by atoms with Gasteiger partial charge in [0.05, 0.1) is 31.0 Å². The van der Waals surface area contributed by atoms with Gasteiger partial charge >= 0.3 is 0 Å². The number of carbonyl (C=O) groups excluding carboxylic acids is 2. The molecule has 24 heavy (non-hydrogen) atoms. The molecule has 3 heterocycles. The summed E-state index contributed by atoms with van der Waals surface area (Å²) in [6.07, 6.45) is 1.51. The number of rotatable bonds is 4. The predicted molar refractivity (Wildman–Crippen MR) is 90.2 cm³/mol. The van der Waals surface area contributed by atoms with Crippen molar-refractivity contribution < 1.29 is 14.3 Å². The fourth-order valence-electron chi connectivity index (χ4n) is 2.86. The van der Waals surface area contributed by atoms with Crippen LogP contribution in [0.3, 0.4) is 0 Å². The number of aromatic nitrogens is 1. The number of morpholine rings is 1. The van der Waals surface area contributed by atoms with E-state index in [2.05, 4.69) is 39.7 Å². The lowest BCUT2D eigenvalue weighted by atomic mass is 10.0. The number of nitrogens with one attached hydrogen (secondary N) is 3. The van der Waals surface area contributed by atoms with Crippen LogP contribution in [0.1, 0.15) is 24.2 Å². The summed E-state index contributed by atoms with van der Waals surface area (Å²) in [6, 6.07) is 1.64. The van der Waals surface area contributed by atoms with E-state index < -0.39 is 0 Å². The molecule has 0 atom stereocenters. The monoisotopic (exact) mass is 333 g/mol. The lowest BCUT2D eigenvalue weighted by Gasteiger charge is -2.40. The van der Waals surface area contributed by atoms with Crippen molar-refractivity contribution in [1.82, 2.24) is 15.2 Å². The molecule has 0 saturated carbocycles. The highest BCUT2D eigenvalue weighted by molar-refractivity contribution is 6.02. The van der Waals surface area contributed by atoms with E-state index in [1.54, 1.807) is 6.07 Å². The SMILES string of the molecule is CC(C)(CNC(=O)c1cnc2c(c1)NC(=O)CN2)N1CCOCC1. The van der Waals surface area contributed by atoms with Crippen LogP contribution in [-0.2, 0) is 9.53 Å². The molecule has 3 rings (SSSR count). The fraction of sp³-hybridized carbons (Fsp3) is 0.562. The molecule has 1 aromatic heterocycles. The molecule has 1 aromatic rings. The van der Waals surface area contributed by atoms with Gasteiger partial charge in [-0.1, -0.05) is 0 Å². The van der Waals surface area contributed by atoms with E-state index in [1.807, 2.05) is 0 Å². The second-order valence-electron chi connectivity index (χ2n) is 6.62. The highest BCUT2D eigenvalue weighted by Crippen LogP contribution is 2.23. The Kier molecular flexibility index (Phi) is 4.68. The Bertz CT molecular complexity index is 641. The zero-order chi connectivity index (χ0) is 17.2. The molecular weight excluding hydrogens is 310 g/mol. The summed E-state index contributed by atoms with van der Waals surface area (Å²) in [7, 11) is 0. The molecule has 1 fully saturated rings. The number of fused-ring (bicyclic) bond motifs is 1. The summed E-state index contributed by atoms with van der Waals surface area (Å²) in [5.74, 6) is 0.238. The van der Waals surface area contributed by atoms with Crippen LogP contribution < -0.4 is 16.0 Å².